The van der Waals surface area contributed by atoms with Crippen LogP contribution in [0.25, 0.3) is 11.1 Å². The van der Waals surface area contributed by atoms with Gasteiger partial charge in [0.2, 0.25) is 5.89 Å². The Labute approximate surface area is 99.7 Å². The summed E-state index contributed by atoms with van der Waals surface area (Å²) in [5.41, 5.74) is 0.995. The summed E-state index contributed by atoms with van der Waals surface area (Å²) in [4.78, 5) is 4.00. The monoisotopic (exact) mass is 269 g/mol. The molecule has 0 atom stereocenters. The van der Waals surface area contributed by atoms with Crippen molar-refractivity contribution in [3.8, 4) is 0 Å². The van der Waals surface area contributed by atoms with E-state index in [1.54, 1.807) is 18.2 Å². The van der Waals surface area contributed by atoms with Gasteiger partial charge >= 0.3 is 0 Å². The van der Waals surface area contributed by atoms with Crippen LogP contribution in [0.1, 0.15) is 5.89 Å². The topological polar surface area (TPSA) is 26.0 Å². The molecular weight excluding hydrogens is 268 g/mol. The molecule has 0 aliphatic rings. The Balaban J connectivity index is 2.69. The van der Waals surface area contributed by atoms with Gasteiger partial charge in [0.05, 0.1) is 5.02 Å². The fraction of sp³-hybridized carbons (Fsp3) is 0.125. The van der Waals surface area contributed by atoms with Gasteiger partial charge in [-0.15, -0.1) is 0 Å². The second-order valence-electron chi connectivity index (χ2n) is 2.60. The average molecular weight is 271 g/mol. The van der Waals surface area contributed by atoms with Crippen LogP contribution >= 0.6 is 46.4 Å². The highest BCUT2D eigenvalue weighted by Gasteiger charge is 2.29. The molecule has 1 aromatic carbocycles. The number of halogens is 4. The minimum Gasteiger partial charge on any atom is -0.435 e. The summed E-state index contributed by atoms with van der Waals surface area (Å²) in [6, 6.07) is 5.15. The van der Waals surface area contributed by atoms with Gasteiger partial charge in [-0.1, -0.05) is 52.5 Å². The van der Waals surface area contributed by atoms with Gasteiger partial charge in [-0.3, -0.25) is 0 Å². The zero-order valence-corrected chi connectivity index (χ0v) is 9.62. The summed E-state index contributed by atoms with van der Waals surface area (Å²) >= 11 is 22.7. The van der Waals surface area contributed by atoms with E-state index in [1.807, 2.05) is 0 Å². The van der Waals surface area contributed by atoms with E-state index in [2.05, 4.69) is 4.98 Å². The minimum absolute atomic E-state index is 0.0191. The zero-order chi connectivity index (χ0) is 10.3. The number of fused-ring (bicyclic) bond motifs is 1. The number of hydrogen-bond donors (Lipinski definition) is 0. The molecule has 1 heterocycles. The van der Waals surface area contributed by atoms with E-state index in [4.69, 9.17) is 50.8 Å². The first-order chi connectivity index (χ1) is 6.48. The molecule has 14 heavy (non-hydrogen) atoms. The van der Waals surface area contributed by atoms with Crippen molar-refractivity contribution in [1.82, 2.24) is 4.98 Å². The first-order valence-electron chi connectivity index (χ1n) is 3.61. The van der Waals surface area contributed by atoms with Crippen molar-refractivity contribution < 1.29 is 4.42 Å². The highest BCUT2D eigenvalue weighted by molar-refractivity contribution is 6.66. The van der Waals surface area contributed by atoms with Gasteiger partial charge in [-0.05, 0) is 12.1 Å². The molecule has 6 heteroatoms. The first-order valence-corrected chi connectivity index (χ1v) is 5.12. The molecule has 0 saturated carbocycles. The molecule has 0 saturated heterocycles. The van der Waals surface area contributed by atoms with Crippen molar-refractivity contribution >= 4 is 57.5 Å². The van der Waals surface area contributed by atoms with Gasteiger partial charge in [0.1, 0.15) is 5.52 Å². The summed E-state index contributed by atoms with van der Waals surface area (Å²) in [5, 5.41) is 0.440. The molecule has 2 nitrogen and oxygen atoms in total. The molecule has 0 bridgehead atoms. The number of hydrogen-bond acceptors (Lipinski definition) is 2. The molecule has 0 amide bonds. The zero-order valence-electron chi connectivity index (χ0n) is 6.60. The summed E-state index contributed by atoms with van der Waals surface area (Å²) in [6.07, 6.45) is 0. The standard InChI is InChI=1S/C8H3Cl4NO/c9-4-2-1-3-5-6(4)14-7(13-5)8(10,11)12/h1-3H. The Hall–Kier alpha value is -0.150. The number of rotatable bonds is 0. The van der Waals surface area contributed by atoms with E-state index in [-0.39, 0.29) is 5.89 Å². The molecule has 0 aliphatic carbocycles. The van der Waals surface area contributed by atoms with Gasteiger partial charge < -0.3 is 4.42 Å². The summed E-state index contributed by atoms with van der Waals surface area (Å²) < 4.78 is 3.56. The number of oxazole rings is 1. The third-order valence-corrected chi connectivity index (χ3v) is 2.39. The Morgan fingerprint density at radius 1 is 1.21 bits per heavy atom. The molecule has 1 aromatic heterocycles. The lowest BCUT2D eigenvalue weighted by molar-refractivity contribution is 0.540. The van der Waals surface area contributed by atoms with Crippen LogP contribution < -0.4 is 0 Å². The fourth-order valence-electron chi connectivity index (χ4n) is 1.04. The van der Waals surface area contributed by atoms with E-state index in [0.29, 0.717) is 16.1 Å². The lowest BCUT2D eigenvalue weighted by Gasteiger charge is -2.02. The third-order valence-electron chi connectivity index (χ3n) is 1.61. The van der Waals surface area contributed by atoms with Crippen LogP contribution in [0.4, 0.5) is 0 Å². The van der Waals surface area contributed by atoms with Crippen LogP contribution in [-0.2, 0) is 3.79 Å². The molecular formula is C8H3Cl4NO. The van der Waals surface area contributed by atoms with Gasteiger partial charge in [-0.25, -0.2) is 4.98 Å². The number of benzene rings is 1. The molecule has 0 N–H and O–H groups in total. The van der Waals surface area contributed by atoms with E-state index in [0.717, 1.165) is 0 Å². The Bertz CT molecular complexity index is 474. The van der Waals surface area contributed by atoms with Crippen molar-refractivity contribution in [2.75, 3.05) is 0 Å². The van der Waals surface area contributed by atoms with Gasteiger partial charge in [0, 0.05) is 0 Å². The highest BCUT2D eigenvalue weighted by Crippen LogP contribution is 2.39. The third kappa shape index (κ3) is 1.80. The predicted octanol–water partition coefficient (Wildman–Crippen LogP) is 4.31. The lowest BCUT2D eigenvalue weighted by Crippen LogP contribution is -1.99. The number of aromatic nitrogens is 1. The van der Waals surface area contributed by atoms with Crippen LogP contribution in [0.3, 0.4) is 0 Å². The smallest absolute Gasteiger partial charge is 0.266 e. The van der Waals surface area contributed by atoms with Crippen LogP contribution in [-0.4, -0.2) is 4.98 Å². The SMILES string of the molecule is Clc1cccc2nc(C(Cl)(Cl)Cl)oc12. The van der Waals surface area contributed by atoms with Crippen molar-refractivity contribution in [2.45, 2.75) is 3.79 Å². The normalized spacial score (nSPS) is 12.3. The lowest BCUT2D eigenvalue weighted by atomic mass is 10.3. The molecule has 0 spiro atoms. The van der Waals surface area contributed by atoms with Crippen LogP contribution in [0.15, 0.2) is 22.6 Å². The highest BCUT2D eigenvalue weighted by atomic mass is 35.6. The van der Waals surface area contributed by atoms with Gasteiger partial charge in [0.15, 0.2) is 5.58 Å². The molecule has 0 fully saturated rings. The van der Waals surface area contributed by atoms with Crippen molar-refractivity contribution in [3.63, 3.8) is 0 Å². The maximum absolute atomic E-state index is 5.86. The first kappa shape index (κ1) is 10.4. The van der Waals surface area contributed by atoms with Crippen molar-refractivity contribution in [2.24, 2.45) is 0 Å². The average Bonchev–Trinajstić information content (AvgIpc) is 2.48. The largest absolute Gasteiger partial charge is 0.435 e. The predicted molar refractivity (Wildman–Crippen MR) is 58.3 cm³/mol. The van der Waals surface area contributed by atoms with E-state index < -0.39 is 3.79 Å². The van der Waals surface area contributed by atoms with Crippen molar-refractivity contribution in [3.05, 3.63) is 29.1 Å². The van der Waals surface area contributed by atoms with Crippen LogP contribution in [0.2, 0.25) is 5.02 Å². The number of para-hydroxylation sites is 1. The Morgan fingerprint density at radius 2 is 1.93 bits per heavy atom. The summed E-state index contributed by atoms with van der Waals surface area (Å²) in [6.45, 7) is 0. The maximum Gasteiger partial charge on any atom is 0.266 e. The van der Waals surface area contributed by atoms with E-state index in [1.165, 1.54) is 0 Å². The second-order valence-corrected chi connectivity index (χ2v) is 5.29. The number of alkyl halides is 3. The van der Waals surface area contributed by atoms with E-state index >= 15 is 0 Å². The molecule has 0 unspecified atom stereocenters. The molecule has 2 aromatic rings. The molecule has 0 radical (unpaired) electrons. The van der Waals surface area contributed by atoms with Gasteiger partial charge in [0.25, 0.3) is 3.79 Å². The number of nitrogens with zero attached hydrogens (tertiary/aromatic N) is 1. The Morgan fingerprint density at radius 3 is 2.50 bits per heavy atom. The van der Waals surface area contributed by atoms with Gasteiger partial charge in [-0.2, -0.15) is 0 Å². The quantitative estimate of drug-likeness (QED) is 0.667. The fourth-order valence-corrected chi connectivity index (χ4v) is 1.49. The Kier molecular flexibility index (Phi) is 2.56. The molecule has 2 rings (SSSR count). The summed E-state index contributed by atoms with van der Waals surface area (Å²) in [5.74, 6) is 0.0191. The summed E-state index contributed by atoms with van der Waals surface area (Å²) in [7, 11) is 0. The minimum atomic E-state index is -1.66. The van der Waals surface area contributed by atoms with Crippen LogP contribution in [0, 0.1) is 0 Å². The van der Waals surface area contributed by atoms with E-state index in [9.17, 15) is 0 Å². The van der Waals surface area contributed by atoms with Crippen LogP contribution in [0.5, 0.6) is 0 Å². The van der Waals surface area contributed by atoms with Crippen molar-refractivity contribution in [1.29, 1.82) is 0 Å². The second kappa shape index (κ2) is 3.46. The molecule has 74 valence electrons. The maximum atomic E-state index is 5.86. The molecule has 0 aliphatic heterocycles.